The molecule has 0 bridgehead atoms. The largest absolute Gasteiger partial charge is 0.324 e. The molecule has 6 N–H and O–H groups in total. The van der Waals surface area contributed by atoms with E-state index in [1.54, 1.807) is 0 Å². The van der Waals surface area contributed by atoms with Crippen LogP contribution in [0.15, 0.2) is 0 Å². The van der Waals surface area contributed by atoms with E-state index in [-0.39, 0.29) is 17.3 Å². The molecule has 0 spiro atoms. The van der Waals surface area contributed by atoms with E-state index in [2.05, 4.69) is 0 Å². The van der Waals surface area contributed by atoms with Gasteiger partial charge in [-0.1, -0.05) is 7.92 Å². The molecule has 0 aromatic rings. The van der Waals surface area contributed by atoms with E-state index in [1.165, 1.54) is 0 Å². The highest BCUT2D eigenvalue weighted by molar-refractivity contribution is 7.59. The van der Waals surface area contributed by atoms with Crippen LogP contribution in [0.3, 0.4) is 0 Å². The van der Waals surface area contributed by atoms with Crippen LogP contribution >= 0.6 is 7.92 Å². The van der Waals surface area contributed by atoms with Gasteiger partial charge in [-0.3, -0.25) is 0 Å². The van der Waals surface area contributed by atoms with Gasteiger partial charge in [0.05, 0.1) is 0 Å². The van der Waals surface area contributed by atoms with Crippen LogP contribution in [0, 0.1) is 0 Å². The monoisotopic (exact) mass is 163 g/mol. The summed E-state index contributed by atoms with van der Waals surface area (Å²) in [5.41, 5.74) is 17.1. The van der Waals surface area contributed by atoms with Crippen molar-refractivity contribution in [2.75, 3.05) is 0 Å². The van der Waals surface area contributed by atoms with Gasteiger partial charge in [-0.15, -0.1) is 0 Å². The van der Waals surface area contributed by atoms with Gasteiger partial charge < -0.3 is 17.2 Å². The van der Waals surface area contributed by atoms with Crippen molar-refractivity contribution in [2.45, 2.75) is 38.1 Å². The predicted octanol–water partition coefficient (Wildman–Crippen LogP) is 0.382. The third-order valence-corrected chi connectivity index (χ3v) is 4.23. The zero-order valence-electron chi connectivity index (χ0n) is 6.91. The van der Waals surface area contributed by atoms with Crippen LogP contribution in [0.2, 0.25) is 0 Å². The Hall–Kier alpha value is 0.310. The SMILES string of the molecule is CC(N)P(C(C)N)C(C)N. The van der Waals surface area contributed by atoms with Crippen LogP contribution in [0.1, 0.15) is 20.8 Å². The molecule has 3 nitrogen and oxygen atoms in total. The lowest BCUT2D eigenvalue weighted by atomic mass is 10.8. The molecule has 0 radical (unpaired) electrons. The van der Waals surface area contributed by atoms with Gasteiger partial charge in [0.15, 0.2) is 0 Å². The van der Waals surface area contributed by atoms with Crippen molar-refractivity contribution in [1.82, 2.24) is 0 Å². The van der Waals surface area contributed by atoms with E-state index in [9.17, 15) is 0 Å². The smallest absolute Gasteiger partial charge is 0.0242 e. The van der Waals surface area contributed by atoms with Gasteiger partial charge >= 0.3 is 0 Å². The summed E-state index contributed by atoms with van der Waals surface area (Å²) in [4.78, 5) is 0. The van der Waals surface area contributed by atoms with Gasteiger partial charge in [0.25, 0.3) is 0 Å². The highest BCUT2D eigenvalue weighted by atomic mass is 31.1. The number of hydrogen-bond acceptors (Lipinski definition) is 3. The first-order valence-corrected chi connectivity index (χ1v) is 5.06. The van der Waals surface area contributed by atoms with Crippen LogP contribution in [0.25, 0.3) is 0 Å². The van der Waals surface area contributed by atoms with Gasteiger partial charge in [-0.25, -0.2) is 0 Å². The molecule has 10 heavy (non-hydrogen) atoms. The molecule has 4 heteroatoms. The summed E-state index contributed by atoms with van der Waals surface area (Å²) >= 11 is 0. The fraction of sp³-hybridized carbons (Fsp3) is 1.00. The Bertz CT molecular complexity index is 74.0. The molecule has 0 saturated carbocycles. The summed E-state index contributed by atoms with van der Waals surface area (Å²) in [5, 5.41) is 0. The summed E-state index contributed by atoms with van der Waals surface area (Å²) < 4.78 is 0. The standard InChI is InChI=1S/C6H18N3P/c1-4(7)10(5(2)8)6(3)9/h4-6H,7-9H2,1-3H3. The Morgan fingerprint density at radius 3 is 1.00 bits per heavy atom. The molecular weight excluding hydrogens is 145 g/mol. The van der Waals surface area contributed by atoms with Crippen LogP contribution in [0.4, 0.5) is 0 Å². The van der Waals surface area contributed by atoms with Gasteiger partial charge in [0.2, 0.25) is 0 Å². The van der Waals surface area contributed by atoms with Gasteiger partial charge in [-0.2, -0.15) is 0 Å². The molecule has 0 amide bonds. The maximum absolute atomic E-state index is 5.71. The van der Waals surface area contributed by atoms with Crippen molar-refractivity contribution in [1.29, 1.82) is 0 Å². The fourth-order valence-electron chi connectivity index (χ4n) is 1.11. The quantitative estimate of drug-likeness (QED) is 0.526. The average Bonchev–Trinajstić information content (AvgIpc) is 1.59. The van der Waals surface area contributed by atoms with E-state index < -0.39 is 7.92 Å². The molecule has 0 fully saturated rings. The minimum Gasteiger partial charge on any atom is -0.324 e. The van der Waals surface area contributed by atoms with Crippen LogP contribution in [-0.4, -0.2) is 17.3 Å². The summed E-state index contributed by atoms with van der Waals surface area (Å²) in [6.45, 7) is 5.91. The molecule has 3 unspecified atom stereocenters. The van der Waals surface area contributed by atoms with Gasteiger partial charge in [0, 0.05) is 17.3 Å². The Kier molecular flexibility index (Phi) is 4.37. The Morgan fingerprint density at radius 1 is 0.800 bits per heavy atom. The van der Waals surface area contributed by atoms with Gasteiger partial charge in [-0.05, 0) is 20.8 Å². The number of hydrogen-bond donors (Lipinski definition) is 3. The molecule has 0 saturated heterocycles. The average molecular weight is 163 g/mol. The summed E-state index contributed by atoms with van der Waals surface area (Å²) in [7, 11) is -0.404. The molecule has 0 aliphatic carbocycles. The summed E-state index contributed by atoms with van der Waals surface area (Å²) in [6.07, 6.45) is 0. The molecule has 0 aromatic carbocycles. The van der Waals surface area contributed by atoms with Crippen molar-refractivity contribution in [3.05, 3.63) is 0 Å². The van der Waals surface area contributed by atoms with Crippen LogP contribution in [-0.2, 0) is 0 Å². The van der Waals surface area contributed by atoms with E-state index in [0.717, 1.165) is 0 Å². The van der Waals surface area contributed by atoms with Gasteiger partial charge in [0.1, 0.15) is 0 Å². The number of nitrogens with two attached hydrogens (primary N) is 3. The molecule has 0 aliphatic rings. The second kappa shape index (κ2) is 4.24. The van der Waals surface area contributed by atoms with Crippen molar-refractivity contribution in [2.24, 2.45) is 17.2 Å². The fourth-order valence-corrected chi connectivity index (χ4v) is 3.34. The third-order valence-electron chi connectivity index (χ3n) is 1.41. The molecule has 0 aliphatic heterocycles. The van der Waals surface area contributed by atoms with Crippen LogP contribution in [0.5, 0.6) is 0 Å². The van der Waals surface area contributed by atoms with E-state index in [1.807, 2.05) is 20.8 Å². The second-order valence-corrected chi connectivity index (χ2v) is 6.01. The molecule has 0 aromatic heterocycles. The highest BCUT2D eigenvalue weighted by Gasteiger charge is 2.20. The highest BCUT2D eigenvalue weighted by Crippen LogP contribution is 2.44. The lowest BCUT2D eigenvalue weighted by Crippen LogP contribution is -2.32. The Labute approximate surface area is 64.1 Å². The molecular formula is C6H18N3P. The van der Waals surface area contributed by atoms with Crippen molar-refractivity contribution in [3.63, 3.8) is 0 Å². The topological polar surface area (TPSA) is 78.1 Å². The first kappa shape index (κ1) is 10.3. The second-order valence-electron chi connectivity index (χ2n) is 2.67. The first-order valence-electron chi connectivity index (χ1n) is 3.51. The van der Waals surface area contributed by atoms with Crippen LogP contribution < -0.4 is 17.2 Å². The minimum absolute atomic E-state index is 0.148. The Balaban J connectivity index is 3.98. The van der Waals surface area contributed by atoms with Crippen molar-refractivity contribution in [3.8, 4) is 0 Å². The summed E-state index contributed by atoms with van der Waals surface area (Å²) in [5.74, 6) is 0.444. The maximum atomic E-state index is 5.71. The lowest BCUT2D eigenvalue weighted by molar-refractivity contribution is 0.889. The van der Waals surface area contributed by atoms with E-state index >= 15 is 0 Å². The maximum Gasteiger partial charge on any atom is 0.0242 e. The molecule has 0 rings (SSSR count). The molecule has 62 valence electrons. The van der Waals surface area contributed by atoms with Crippen molar-refractivity contribution >= 4 is 7.92 Å². The van der Waals surface area contributed by atoms with Crippen molar-refractivity contribution < 1.29 is 0 Å². The normalized spacial score (nSPS) is 23.4. The third kappa shape index (κ3) is 2.93. The predicted molar refractivity (Wildman–Crippen MR) is 47.9 cm³/mol. The zero-order valence-corrected chi connectivity index (χ0v) is 7.81. The van der Waals surface area contributed by atoms with E-state index in [0.29, 0.717) is 0 Å². The first-order chi connectivity index (χ1) is 4.46. The lowest BCUT2D eigenvalue weighted by Gasteiger charge is -2.28. The summed E-state index contributed by atoms with van der Waals surface area (Å²) in [6, 6.07) is 0. The van der Waals surface area contributed by atoms with E-state index in [4.69, 9.17) is 17.2 Å². The Morgan fingerprint density at radius 2 is 1.00 bits per heavy atom. The zero-order chi connectivity index (χ0) is 8.31. The molecule has 3 atom stereocenters. The number of rotatable bonds is 3. The molecule has 0 heterocycles. The minimum atomic E-state index is -0.404.